The van der Waals surface area contributed by atoms with E-state index in [2.05, 4.69) is 51.2 Å². The van der Waals surface area contributed by atoms with Crippen LogP contribution in [0.1, 0.15) is 52.4 Å². The summed E-state index contributed by atoms with van der Waals surface area (Å²) in [4.78, 5) is 14.3. The van der Waals surface area contributed by atoms with E-state index in [1.807, 2.05) is 35.8 Å². The molecule has 2 aromatic carbocycles. The Balaban J connectivity index is 1.34. The fraction of sp³-hybridized carbons (Fsp3) is 0.296. The van der Waals surface area contributed by atoms with Crippen molar-refractivity contribution in [2.24, 2.45) is 0 Å². The number of hydrogen-bond donors (Lipinski definition) is 2. The maximum absolute atomic E-state index is 13.1. The molecule has 1 amide bonds. The Bertz CT molecular complexity index is 1350. The predicted molar refractivity (Wildman–Crippen MR) is 140 cm³/mol. The van der Waals surface area contributed by atoms with Crippen LogP contribution < -0.4 is 5.32 Å². The lowest BCUT2D eigenvalue weighted by Gasteiger charge is -2.22. The minimum Gasteiger partial charge on any atom is -0.344 e. The van der Waals surface area contributed by atoms with E-state index in [0.29, 0.717) is 17.7 Å². The second-order valence-corrected chi connectivity index (χ2v) is 10.2. The molecule has 1 atom stereocenters. The number of carbonyl (C=O) groups excluding carboxylic acids is 1. The first kappa shape index (κ1) is 22.7. The Morgan fingerprint density at radius 1 is 1.15 bits per heavy atom. The molecule has 1 unspecified atom stereocenters. The number of aromatic nitrogens is 3. The summed E-state index contributed by atoms with van der Waals surface area (Å²) < 4.78 is 2.43. The van der Waals surface area contributed by atoms with Gasteiger partial charge in [0.1, 0.15) is 0 Å². The third kappa shape index (κ3) is 4.91. The molecule has 0 saturated carbocycles. The Morgan fingerprint density at radius 3 is 2.79 bits per heavy atom. The molecule has 1 aliphatic rings. The first-order chi connectivity index (χ1) is 16.6. The number of fused-ring (bicyclic) bond motifs is 1. The number of benzene rings is 2. The van der Waals surface area contributed by atoms with Crippen LogP contribution in [0.3, 0.4) is 0 Å². The lowest BCUT2D eigenvalue weighted by molar-refractivity contribution is -0.121. The Kier molecular flexibility index (Phi) is 6.74. The quantitative estimate of drug-likeness (QED) is 0.307. The van der Waals surface area contributed by atoms with Crippen LogP contribution in [-0.4, -0.2) is 20.7 Å². The van der Waals surface area contributed by atoms with E-state index < -0.39 is 0 Å². The van der Waals surface area contributed by atoms with Gasteiger partial charge in [-0.25, -0.2) is 0 Å². The molecular formula is C27H28N4OS2. The van der Waals surface area contributed by atoms with Crippen molar-refractivity contribution in [2.75, 3.05) is 0 Å². The van der Waals surface area contributed by atoms with Gasteiger partial charge in [0.25, 0.3) is 0 Å². The monoisotopic (exact) mass is 488 g/mol. The smallest absolute Gasteiger partial charge is 0.222 e. The van der Waals surface area contributed by atoms with Crippen LogP contribution >= 0.6 is 23.6 Å². The molecule has 5 rings (SSSR count). The van der Waals surface area contributed by atoms with Gasteiger partial charge in [0.2, 0.25) is 5.91 Å². The second kappa shape index (κ2) is 10.1. The number of aryl methyl sites for hydroxylation is 3. The van der Waals surface area contributed by atoms with E-state index >= 15 is 0 Å². The second-order valence-electron chi connectivity index (χ2n) is 8.87. The van der Waals surface area contributed by atoms with Crippen molar-refractivity contribution in [1.29, 1.82) is 0 Å². The first-order valence-corrected chi connectivity index (χ1v) is 13.0. The summed E-state index contributed by atoms with van der Waals surface area (Å²) in [5.41, 5.74) is 6.16. The Hall–Kier alpha value is -3.03. The number of nitrogens with one attached hydrogen (secondary N) is 2. The van der Waals surface area contributed by atoms with Gasteiger partial charge in [-0.15, -0.1) is 11.3 Å². The summed E-state index contributed by atoms with van der Waals surface area (Å²) in [6.45, 7) is 2.51. The molecule has 0 spiro atoms. The highest BCUT2D eigenvalue weighted by Gasteiger charge is 2.20. The predicted octanol–water partition coefficient (Wildman–Crippen LogP) is 6.15. The summed E-state index contributed by atoms with van der Waals surface area (Å²) in [5.74, 6) is 0.750. The number of rotatable bonds is 7. The highest BCUT2D eigenvalue weighted by Crippen LogP contribution is 2.30. The molecule has 0 aliphatic heterocycles. The number of H-pyrrole nitrogens is 1. The Labute approximate surface area is 208 Å². The average molecular weight is 489 g/mol. The van der Waals surface area contributed by atoms with Crippen LogP contribution in [0.2, 0.25) is 0 Å². The fourth-order valence-corrected chi connectivity index (χ4v) is 5.71. The van der Waals surface area contributed by atoms with Gasteiger partial charge in [-0.3, -0.25) is 14.5 Å². The standard InChI is InChI=1S/C27H28N4OS2/c1-18-6-4-9-22(16-18)26-29-30-27(33)31(26)14-13-24(32)28-25(23-10-5-15-34-23)21-12-11-19-7-2-3-8-20(19)17-21/h4-6,9-12,15-17,25H,2-3,7-8,13-14H2,1H3,(H,28,32)(H,30,33). The first-order valence-electron chi connectivity index (χ1n) is 11.8. The van der Waals surface area contributed by atoms with Gasteiger partial charge < -0.3 is 5.32 Å². The molecule has 2 heterocycles. The third-order valence-corrected chi connectivity index (χ3v) is 7.68. The van der Waals surface area contributed by atoms with Crippen molar-refractivity contribution in [1.82, 2.24) is 20.1 Å². The zero-order valence-electron chi connectivity index (χ0n) is 19.2. The Morgan fingerprint density at radius 2 is 2.00 bits per heavy atom. The van der Waals surface area contributed by atoms with Gasteiger partial charge in [0, 0.05) is 23.4 Å². The van der Waals surface area contributed by atoms with Crippen molar-refractivity contribution in [3.63, 3.8) is 0 Å². The molecule has 0 bridgehead atoms. The lowest BCUT2D eigenvalue weighted by atomic mass is 9.89. The highest BCUT2D eigenvalue weighted by atomic mass is 32.1. The molecule has 0 radical (unpaired) electrons. The summed E-state index contributed by atoms with van der Waals surface area (Å²) in [5, 5.41) is 12.6. The number of thiophene rings is 1. The minimum absolute atomic E-state index is 0.00517. The van der Waals surface area contributed by atoms with E-state index in [9.17, 15) is 4.79 Å². The van der Waals surface area contributed by atoms with E-state index in [4.69, 9.17) is 12.2 Å². The molecule has 5 nitrogen and oxygen atoms in total. The summed E-state index contributed by atoms with van der Waals surface area (Å²) in [6.07, 6.45) is 5.09. The zero-order chi connectivity index (χ0) is 23.5. The normalized spacial score (nSPS) is 13.9. The zero-order valence-corrected chi connectivity index (χ0v) is 20.8. The van der Waals surface area contributed by atoms with Crippen molar-refractivity contribution >= 4 is 29.5 Å². The molecule has 7 heteroatoms. The van der Waals surface area contributed by atoms with E-state index in [0.717, 1.165) is 40.2 Å². The molecule has 4 aromatic rings. The highest BCUT2D eigenvalue weighted by molar-refractivity contribution is 7.71. The minimum atomic E-state index is -0.145. The van der Waals surface area contributed by atoms with Crippen LogP contribution in [0.4, 0.5) is 0 Å². The van der Waals surface area contributed by atoms with Gasteiger partial charge in [0.05, 0.1) is 6.04 Å². The molecular weight excluding hydrogens is 460 g/mol. The van der Waals surface area contributed by atoms with Gasteiger partial charge in [-0.2, -0.15) is 5.10 Å². The summed E-state index contributed by atoms with van der Waals surface area (Å²) >= 11 is 7.13. The number of amides is 1. The van der Waals surface area contributed by atoms with Gasteiger partial charge in [0.15, 0.2) is 10.6 Å². The van der Waals surface area contributed by atoms with Crippen molar-refractivity contribution in [3.05, 3.63) is 91.9 Å². The molecule has 0 saturated heterocycles. The number of hydrogen-bond acceptors (Lipinski definition) is 4. The molecule has 2 N–H and O–H groups in total. The maximum atomic E-state index is 13.1. The molecule has 34 heavy (non-hydrogen) atoms. The topological polar surface area (TPSA) is 62.7 Å². The largest absolute Gasteiger partial charge is 0.344 e. The number of carbonyl (C=O) groups is 1. The van der Waals surface area contributed by atoms with Crippen LogP contribution in [0.25, 0.3) is 11.4 Å². The van der Waals surface area contributed by atoms with Crippen LogP contribution in [0, 0.1) is 11.7 Å². The fourth-order valence-electron chi connectivity index (χ4n) is 4.68. The van der Waals surface area contributed by atoms with E-state index in [-0.39, 0.29) is 11.9 Å². The van der Waals surface area contributed by atoms with Crippen LogP contribution in [0.5, 0.6) is 0 Å². The van der Waals surface area contributed by atoms with Gasteiger partial charge in [-0.1, -0.05) is 48.0 Å². The molecule has 1 aliphatic carbocycles. The van der Waals surface area contributed by atoms with Crippen molar-refractivity contribution < 1.29 is 4.79 Å². The van der Waals surface area contributed by atoms with Gasteiger partial charge >= 0.3 is 0 Å². The summed E-state index contributed by atoms with van der Waals surface area (Å²) in [7, 11) is 0. The molecule has 174 valence electrons. The van der Waals surface area contributed by atoms with E-state index in [1.165, 1.54) is 24.0 Å². The summed E-state index contributed by atoms with van der Waals surface area (Å²) in [6, 6.07) is 18.8. The maximum Gasteiger partial charge on any atom is 0.222 e. The van der Waals surface area contributed by atoms with Crippen molar-refractivity contribution in [3.8, 4) is 11.4 Å². The van der Waals surface area contributed by atoms with Crippen molar-refractivity contribution in [2.45, 2.75) is 51.6 Å². The lowest BCUT2D eigenvalue weighted by Crippen LogP contribution is -2.29. The number of nitrogens with zero attached hydrogens (tertiary/aromatic N) is 2. The molecule has 0 fully saturated rings. The average Bonchev–Trinajstić information content (AvgIpc) is 3.51. The van der Waals surface area contributed by atoms with Crippen LogP contribution in [-0.2, 0) is 24.2 Å². The SMILES string of the molecule is Cc1cccc(-c2n[nH]c(=S)n2CCC(=O)NC(c2ccc3c(c2)CCCC3)c2cccs2)c1. The van der Waals surface area contributed by atoms with Crippen LogP contribution in [0.15, 0.2) is 60.0 Å². The third-order valence-electron chi connectivity index (χ3n) is 6.44. The number of aromatic amines is 1. The van der Waals surface area contributed by atoms with Gasteiger partial charge in [-0.05, 0) is 79.0 Å². The molecule has 2 aromatic heterocycles. The van der Waals surface area contributed by atoms with E-state index in [1.54, 1.807) is 11.3 Å².